The van der Waals surface area contributed by atoms with Crippen molar-refractivity contribution in [2.45, 2.75) is 57.5 Å². The highest BCUT2D eigenvalue weighted by molar-refractivity contribution is 5.36. The molecule has 0 radical (unpaired) electrons. The predicted molar refractivity (Wildman–Crippen MR) is 121 cm³/mol. The minimum Gasteiger partial charge on any atom is -0.508 e. The van der Waals surface area contributed by atoms with Crippen molar-refractivity contribution < 1.29 is 39.2 Å². The SMILES string of the molecule is [2H]c1c([2H])c(C([2H])(O)CNC([2H])([2H])C([2H])([2H])CCC([2H])([2H])C([2H])([2H])OC([2H])([2H])CCCc2ccccc2)c([2H])c(CO)c1O. The van der Waals surface area contributed by atoms with Crippen LogP contribution in [0.25, 0.3) is 0 Å². The van der Waals surface area contributed by atoms with Crippen LogP contribution in [0.3, 0.4) is 0 Å². The van der Waals surface area contributed by atoms with E-state index in [1.54, 1.807) is 0 Å². The number of ether oxygens (including phenoxy) is 1. The number of nitrogens with one attached hydrogen (secondary N) is 1. The van der Waals surface area contributed by atoms with E-state index in [1.165, 1.54) is 0 Å². The molecule has 2 aromatic carbocycles. The van der Waals surface area contributed by atoms with Gasteiger partial charge in [0, 0.05) is 33.5 Å². The molecule has 5 nitrogen and oxygen atoms in total. The predicted octanol–water partition coefficient (Wildman–Crippen LogP) is 4.11. The maximum Gasteiger partial charge on any atom is 0.121 e. The van der Waals surface area contributed by atoms with Crippen molar-refractivity contribution in [3.63, 3.8) is 0 Å². The smallest absolute Gasteiger partial charge is 0.121 e. The molecule has 30 heavy (non-hydrogen) atoms. The molecular formula is C25H37NO4. The van der Waals surface area contributed by atoms with Crippen molar-refractivity contribution >= 4 is 0 Å². The molecule has 0 heterocycles. The summed E-state index contributed by atoms with van der Waals surface area (Å²) in [6.45, 7) is -11.0. The highest BCUT2D eigenvalue weighted by Gasteiger charge is 2.09. The summed E-state index contributed by atoms with van der Waals surface area (Å²) in [6.07, 6.45) is -10.4. The van der Waals surface area contributed by atoms with Crippen LogP contribution in [-0.4, -0.2) is 41.5 Å². The number of aliphatic hydroxyl groups excluding tert-OH is 1. The molecule has 0 aliphatic heterocycles. The number of benzene rings is 2. The highest BCUT2D eigenvalue weighted by Crippen LogP contribution is 2.22. The van der Waals surface area contributed by atoms with Crippen molar-refractivity contribution in [2.75, 3.05) is 26.2 Å². The molecule has 1 unspecified atom stereocenters. The Labute approximate surface area is 200 Å². The van der Waals surface area contributed by atoms with E-state index in [0.29, 0.717) is 6.42 Å². The molecule has 0 aliphatic rings. The van der Waals surface area contributed by atoms with Crippen LogP contribution in [0.4, 0.5) is 0 Å². The quantitative estimate of drug-likeness (QED) is 0.323. The van der Waals surface area contributed by atoms with Gasteiger partial charge in [-0.25, -0.2) is 0 Å². The first-order chi connectivity index (χ1) is 19.9. The van der Waals surface area contributed by atoms with Gasteiger partial charge in [-0.05, 0) is 61.7 Å². The normalized spacial score (nSPS) is 22.5. The zero-order valence-electron chi connectivity index (χ0n) is 30.6. The summed E-state index contributed by atoms with van der Waals surface area (Å²) in [5.41, 5.74) is -0.479. The minimum absolute atomic E-state index is 0.260. The Bertz CT molecular complexity index is 1280. The first-order valence-corrected chi connectivity index (χ1v) is 9.56. The monoisotopic (exact) mass is 429 g/mol. The molecule has 2 aromatic rings. The molecule has 0 aromatic heterocycles. The molecule has 0 amide bonds. The van der Waals surface area contributed by atoms with Gasteiger partial charge in [-0.1, -0.05) is 49.2 Å². The van der Waals surface area contributed by atoms with E-state index in [-0.39, 0.29) is 12.8 Å². The van der Waals surface area contributed by atoms with Crippen LogP contribution in [0, 0.1) is 0 Å². The lowest BCUT2D eigenvalue weighted by molar-refractivity contribution is 0.126. The fourth-order valence-electron chi connectivity index (χ4n) is 2.35. The number of aliphatic hydroxyl groups is 2. The minimum atomic E-state index is -3.24. The van der Waals surface area contributed by atoms with E-state index in [1.807, 2.05) is 35.6 Å². The molecule has 0 bridgehead atoms. The van der Waals surface area contributed by atoms with Gasteiger partial charge in [-0.2, -0.15) is 0 Å². The van der Waals surface area contributed by atoms with Crippen LogP contribution in [0.15, 0.2) is 48.5 Å². The zero-order chi connectivity index (χ0) is 33.9. The van der Waals surface area contributed by atoms with E-state index in [0.717, 1.165) is 5.56 Å². The number of hydrogen-bond donors (Lipinski definition) is 4. The van der Waals surface area contributed by atoms with Gasteiger partial charge in [0.05, 0.1) is 23.7 Å². The standard InChI is InChI=1S/C25H37NO4/c27-20-23-18-22(13-14-24(23)28)25(29)19-26-15-7-1-2-8-16-30-17-9-6-12-21-10-4-3-5-11-21/h3-5,10-11,13-14,18,25-29H,1-2,6-9,12,15-17,19-20H2/i7D2,8D2,13D,14D,15D2,16D2,17D2,18D,25D. The number of aromatic hydroxyl groups is 1. The summed E-state index contributed by atoms with van der Waals surface area (Å²) in [5, 5.41) is 32.0. The number of hydrogen-bond acceptors (Lipinski definition) is 5. The largest absolute Gasteiger partial charge is 0.508 e. The fourth-order valence-corrected chi connectivity index (χ4v) is 2.35. The topological polar surface area (TPSA) is 82.0 Å². The van der Waals surface area contributed by atoms with Gasteiger partial charge >= 0.3 is 0 Å². The molecule has 4 N–H and O–H groups in total. The molecule has 0 saturated carbocycles. The molecule has 166 valence electrons. The summed E-state index contributed by atoms with van der Waals surface area (Å²) in [7, 11) is 0. The van der Waals surface area contributed by atoms with Crippen molar-refractivity contribution in [2.24, 2.45) is 0 Å². The van der Waals surface area contributed by atoms with E-state index < -0.39 is 99.4 Å². The lowest BCUT2D eigenvalue weighted by Crippen LogP contribution is -2.22. The molecule has 0 saturated heterocycles. The molecule has 0 aliphatic carbocycles. The third-order valence-electron chi connectivity index (χ3n) is 3.90. The van der Waals surface area contributed by atoms with Gasteiger partial charge in [-0.3, -0.25) is 0 Å². The van der Waals surface area contributed by atoms with Crippen LogP contribution >= 0.6 is 0 Å². The molecule has 0 fully saturated rings. The zero-order valence-corrected chi connectivity index (χ0v) is 16.6. The first kappa shape index (κ1) is 11.1. The average Bonchev–Trinajstić information content (AvgIpc) is 2.90. The molecule has 5 heteroatoms. The summed E-state index contributed by atoms with van der Waals surface area (Å²) in [4.78, 5) is 0. The number of rotatable bonds is 16. The Kier molecular flexibility index (Phi) is 5.54. The van der Waals surface area contributed by atoms with Crippen molar-refractivity contribution in [3.8, 4) is 5.75 Å². The maximum absolute atomic E-state index is 10.7. The van der Waals surface area contributed by atoms with E-state index in [9.17, 15) is 15.3 Å². The maximum atomic E-state index is 10.7. The van der Waals surface area contributed by atoms with Crippen molar-refractivity contribution in [1.82, 2.24) is 5.32 Å². The van der Waals surface area contributed by atoms with Gasteiger partial charge < -0.3 is 25.4 Å². The number of aryl methyl sites for hydroxylation is 1. The van der Waals surface area contributed by atoms with E-state index >= 15 is 0 Å². The van der Waals surface area contributed by atoms with Gasteiger partial charge in [-0.15, -0.1) is 0 Å². The van der Waals surface area contributed by atoms with Crippen LogP contribution in [0.2, 0.25) is 0 Å². The van der Waals surface area contributed by atoms with Crippen molar-refractivity contribution in [1.29, 1.82) is 0 Å². The highest BCUT2D eigenvalue weighted by atomic mass is 16.5. The Morgan fingerprint density at radius 2 is 1.87 bits per heavy atom. The molecular weight excluding hydrogens is 378 g/mol. The van der Waals surface area contributed by atoms with Crippen LogP contribution < -0.4 is 5.32 Å². The lowest BCUT2D eigenvalue weighted by atomic mass is 10.1. The molecule has 2 rings (SSSR count). The average molecular weight is 430 g/mol. The Morgan fingerprint density at radius 3 is 2.67 bits per heavy atom. The second-order valence-electron chi connectivity index (χ2n) is 6.20. The van der Waals surface area contributed by atoms with Crippen molar-refractivity contribution in [3.05, 3.63) is 65.1 Å². The second kappa shape index (κ2) is 15.0. The summed E-state index contributed by atoms with van der Waals surface area (Å²) >= 11 is 0. The second-order valence-corrected chi connectivity index (χ2v) is 6.20. The van der Waals surface area contributed by atoms with E-state index in [4.69, 9.17) is 23.9 Å². The van der Waals surface area contributed by atoms with Crippen LogP contribution in [0.1, 0.15) is 80.4 Å². The lowest BCUT2D eigenvalue weighted by Gasteiger charge is -2.14. The first-order valence-electron chi connectivity index (χ1n) is 16.6. The van der Waals surface area contributed by atoms with Gasteiger partial charge in [0.2, 0.25) is 0 Å². The third-order valence-corrected chi connectivity index (χ3v) is 3.90. The summed E-state index contributed by atoms with van der Waals surface area (Å²) in [5.74, 6) is -0.903. The summed E-state index contributed by atoms with van der Waals surface area (Å²) < 4.78 is 118. The molecule has 0 spiro atoms. The van der Waals surface area contributed by atoms with Gasteiger partial charge in [0.25, 0.3) is 0 Å². The number of phenols is 1. The van der Waals surface area contributed by atoms with Gasteiger partial charge in [0.15, 0.2) is 0 Å². The molecule has 1 atom stereocenters. The fraction of sp³-hybridized carbons (Fsp3) is 0.520. The Balaban J connectivity index is 2.10. The summed E-state index contributed by atoms with van der Waals surface area (Å²) in [6, 6.07) is 6.45. The third kappa shape index (κ3) is 9.72. The van der Waals surface area contributed by atoms with Gasteiger partial charge in [0.1, 0.15) is 5.75 Å². The van der Waals surface area contributed by atoms with Crippen LogP contribution in [-0.2, 0) is 17.8 Å². The Hall–Kier alpha value is -1.92. The van der Waals surface area contributed by atoms with Crippen LogP contribution in [0.5, 0.6) is 5.75 Å². The van der Waals surface area contributed by atoms with E-state index in [2.05, 4.69) is 0 Å². The Morgan fingerprint density at radius 1 is 1.07 bits per heavy atom.